The summed E-state index contributed by atoms with van der Waals surface area (Å²) in [5, 5.41) is 10.6. The highest BCUT2D eigenvalue weighted by molar-refractivity contribution is 5.82. The van der Waals surface area contributed by atoms with Gasteiger partial charge in [-0.3, -0.25) is 10.1 Å². The number of halogens is 3. The van der Waals surface area contributed by atoms with Crippen molar-refractivity contribution in [2.45, 2.75) is 6.18 Å². The van der Waals surface area contributed by atoms with Crippen molar-refractivity contribution >= 4 is 16.6 Å². The summed E-state index contributed by atoms with van der Waals surface area (Å²) in [5.41, 5.74) is -0.929. The standard InChI is InChI=1S/C9H5F3N2O2/c10-9(11,12)8-4-5-3-6(14(15)16)1-2-7(5)13-8/h1-4,13H. The summed E-state index contributed by atoms with van der Waals surface area (Å²) in [6.45, 7) is 0. The highest BCUT2D eigenvalue weighted by Gasteiger charge is 2.32. The molecule has 0 radical (unpaired) electrons. The van der Waals surface area contributed by atoms with Gasteiger partial charge in [-0.25, -0.2) is 0 Å². The average Bonchev–Trinajstić information content (AvgIpc) is 2.58. The van der Waals surface area contributed by atoms with Crippen molar-refractivity contribution in [1.82, 2.24) is 4.98 Å². The molecule has 0 unspecified atom stereocenters. The second-order valence-corrected chi connectivity index (χ2v) is 3.21. The molecule has 84 valence electrons. The fraction of sp³-hybridized carbons (Fsp3) is 0.111. The Bertz CT molecular complexity index is 559. The molecule has 0 saturated heterocycles. The van der Waals surface area contributed by atoms with Gasteiger partial charge in [-0.2, -0.15) is 13.2 Å². The third kappa shape index (κ3) is 1.71. The highest BCUT2D eigenvalue weighted by Crippen LogP contribution is 2.32. The van der Waals surface area contributed by atoms with Gasteiger partial charge in [0, 0.05) is 23.0 Å². The van der Waals surface area contributed by atoms with Gasteiger partial charge in [0.15, 0.2) is 0 Å². The SMILES string of the molecule is O=[N+]([O-])c1ccc2[nH]c(C(F)(F)F)cc2c1. The van der Waals surface area contributed by atoms with E-state index in [0.717, 1.165) is 18.2 Å². The second-order valence-electron chi connectivity index (χ2n) is 3.21. The quantitative estimate of drug-likeness (QED) is 0.604. The molecule has 0 aliphatic heterocycles. The molecule has 1 aromatic carbocycles. The molecule has 0 amide bonds. The van der Waals surface area contributed by atoms with E-state index in [1.165, 1.54) is 6.07 Å². The fourth-order valence-corrected chi connectivity index (χ4v) is 1.39. The Labute approximate surface area is 86.8 Å². The van der Waals surface area contributed by atoms with Crippen molar-refractivity contribution in [2.24, 2.45) is 0 Å². The van der Waals surface area contributed by atoms with Gasteiger partial charge in [0.2, 0.25) is 0 Å². The van der Waals surface area contributed by atoms with Gasteiger partial charge in [0.1, 0.15) is 5.69 Å². The maximum Gasteiger partial charge on any atom is 0.431 e. The van der Waals surface area contributed by atoms with E-state index in [-0.39, 0.29) is 16.6 Å². The molecule has 4 nitrogen and oxygen atoms in total. The molecular weight excluding hydrogens is 225 g/mol. The first kappa shape index (κ1) is 10.5. The zero-order valence-corrected chi connectivity index (χ0v) is 7.71. The molecular formula is C9H5F3N2O2. The minimum absolute atomic E-state index is 0.168. The van der Waals surface area contributed by atoms with E-state index in [4.69, 9.17) is 0 Å². The van der Waals surface area contributed by atoms with Crippen LogP contribution in [0.4, 0.5) is 18.9 Å². The smallest absolute Gasteiger partial charge is 0.351 e. The van der Waals surface area contributed by atoms with Gasteiger partial charge < -0.3 is 4.98 Å². The van der Waals surface area contributed by atoms with Crippen molar-refractivity contribution in [3.05, 3.63) is 40.1 Å². The maximum absolute atomic E-state index is 12.3. The van der Waals surface area contributed by atoms with Crippen molar-refractivity contribution in [1.29, 1.82) is 0 Å². The predicted octanol–water partition coefficient (Wildman–Crippen LogP) is 3.09. The highest BCUT2D eigenvalue weighted by atomic mass is 19.4. The summed E-state index contributed by atoms with van der Waals surface area (Å²) in [5.74, 6) is 0. The van der Waals surface area contributed by atoms with Crippen LogP contribution < -0.4 is 0 Å². The van der Waals surface area contributed by atoms with E-state index in [1.807, 2.05) is 0 Å². The molecule has 2 rings (SSSR count). The van der Waals surface area contributed by atoms with E-state index in [1.54, 1.807) is 0 Å². The lowest BCUT2D eigenvalue weighted by Crippen LogP contribution is -2.04. The number of benzene rings is 1. The third-order valence-corrected chi connectivity index (χ3v) is 2.12. The molecule has 0 aliphatic carbocycles. The number of nitro benzene ring substituents is 1. The number of aromatic nitrogens is 1. The van der Waals surface area contributed by atoms with Crippen LogP contribution in [0.5, 0.6) is 0 Å². The number of alkyl halides is 3. The van der Waals surface area contributed by atoms with Crippen LogP contribution in [0.15, 0.2) is 24.3 Å². The van der Waals surface area contributed by atoms with Gasteiger partial charge in [0.25, 0.3) is 5.69 Å². The normalized spacial score (nSPS) is 11.9. The van der Waals surface area contributed by atoms with E-state index in [0.29, 0.717) is 0 Å². The van der Waals surface area contributed by atoms with Gasteiger partial charge in [0.05, 0.1) is 4.92 Å². The number of H-pyrrole nitrogens is 1. The lowest BCUT2D eigenvalue weighted by molar-refractivity contribution is -0.384. The molecule has 0 atom stereocenters. The van der Waals surface area contributed by atoms with Crippen LogP contribution in [-0.4, -0.2) is 9.91 Å². The summed E-state index contributed by atoms with van der Waals surface area (Å²) in [6.07, 6.45) is -4.48. The van der Waals surface area contributed by atoms with Gasteiger partial charge in [-0.05, 0) is 12.1 Å². The summed E-state index contributed by atoms with van der Waals surface area (Å²) >= 11 is 0. The van der Waals surface area contributed by atoms with Crippen LogP contribution in [0.2, 0.25) is 0 Å². The van der Waals surface area contributed by atoms with Crippen molar-refractivity contribution in [3.63, 3.8) is 0 Å². The second kappa shape index (κ2) is 3.22. The van der Waals surface area contributed by atoms with Crippen LogP contribution in [-0.2, 0) is 6.18 Å². The zero-order chi connectivity index (χ0) is 11.9. The van der Waals surface area contributed by atoms with E-state index in [9.17, 15) is 23.3 Å². The monoisotopic (exact) mass is 230 g/mol. The molecule has 7 heteroatoms. The lowest BCUT2D eigenvalue weighted by atomic mass is 10.2. The number of non-ortho nitro benzene ring substituents is 1. The number of fused-ring (bicyclic) bond motifs is 1. The summed E-state index contributed by atoms with van der Waals surface area (Å²) in [7, 11) is 0. The first-order chi connectivity index (χ1) is 7.38. The Morgan fingerprint density at radius 2 is 1.94 bits per heavy atom. The van der Waals surface area contributed by atoms with Crippen molar-refractivity contribution in [3.8, 4) is 0 Å². The Hall–Kier alpha value is -2.05. The Kier molecular flexibility index (Phi) is 2.11. The first-order valence-electron chi connectivity index (χ1n) is 4.22. The van der Waals surface area contributed by atoms with Crippen LogP contribution in [0, 0.1) is 10.1 Å². The largest absolute Gasteiger partial charge is 0.431 e. The maximum atomic E-state index is 12.3. The molecule has 0 aliphatic rings. The van der Waals surface area contributed by atoms with E-state index < -0.39 is 16.8 Å². The minimum atomic E-state index is -4.48. The molecule has 16 heavy (non-hydrogen) atoms. The van der Waals surface area contributed by atoms with Gasteiger partial charge >= 0.3 is 6.18 Å². The summed E-state index contributed by atoms with van der Waals surface area (Å²) < 4.78 is 37.0. The minimum Gasteiger partial charge on any atom is -0.351 e. The number of hydrogen-bond donors (Lipinski definition) is 1. The molecule has 1 N–H and O–H groups in total. The number of aromatic amines is 1. The lowest BCUT2D eigenvalue weighted by Gasteiger charge is -2.00. The molecule has 0 bridgehead atoms. The van der Waals surface area contributed by atoms with Crippen LogP contribution in [0.3, 0.4) is 0 Å². The fourth-order valence-electron chi connectivity index (χ4n) is 1.39. The third-order valence-electron chi connectivity index (χ3n) is 2.12. The Morgan fingerprint density at radius 3 is 2.50 bits per heavy atom. The predicted molar refractivity (Wildman–Crippen MR) is 50.0 cm³/mol. The number of rotatable bonds is 1. The molecule has 2 aromatic rings. The number of nitrogens with zero attached hydrogens (tertiary/aromatic N) is 1. The number of hydrogen-bond acceptors (Lipinski definition) is 2. The van der Waals surface area contributed by atoms with Crippen LogP contribution in [0.1, 0.15) is 5.69 Å². The van der Waals surface area contributed by atoms with E-state index >= 15 is 0 Å². The van der Waals surface area contributed by atoms with Gasteiger partial charge in [-0.15, -0.1) is 0 Å². The van der Waals surface area contributed by atoms with Gasteiger partial charge in [-0.1, -0.05) is 0 Å². The molecule has 1 heterocycles. The summed E-state index contributed by atoms with van der Waals surface area (Å²) in [4.78, 5) is 11.9. The topological polar surface area (TPSA) is 58.9 Å². The van der Waals surface area contributed by atoms with Crippen LogP contribution >= 0.6 is 0 Å². The first-order valence-corrected chi connectivity index (χ1v) is 4.22. The molecule has 0 spiro atoms. The van der Waals surface area contributed by atoms with Crippen molar-refractivity contribution < 1.29 is 18.1 Å². The van der Waals surface area contributed by atoms with Crippen LogP contribution in [0.25, 0.3) is 10.9 Å². The molecule has 0 saturated carbocycles. The molecule has 1 aromatic heterocycles. The summed E-state index contributed by atoms with van der Waals surface area (Å²) in [6, 6.07) is 4.35. The Morgan fingerprint density at radius 1 is 1.25 bits per heavy atom. The Balaban J connectivity index is 2.59. The average molecular weight is 230 g/mol. The number of nitro groups is 1. The zero-order valence-electron chi connectivity index (χ0n) is 7.71. The molecule has 0 fully saturated rings. The number of nitrogens with one attached hydrogen (secondary N) is 1. The van der Waals surface area contributed by atoms with E-state index in [2.05, 4.69) is 4.98 Å². The van der Waals surface area contributed by atoms with Crippen molar-refractivity contribution in [2.75, 3.05) is 0 Å².